The SMILES string of the molecule is CN1C(=O)O[C@@H]2CN(c3c(F)cc(N4C[C@H](Cn5ccnn5)OC4=O)cc3F)C[C@@H]21. The van der Waals surface area contributed by atoms with E-state index in [1.54, 1.807) is 13.2 Å². The summed E-state index contributed by atoms with van der Waals surface area (Å²) < 4.78 is 41.8. The molecule has 12 heteroatoms. The molecule has 3 fully saturated rings. The molecule has 1 aromatic carbocycles. The third-order valence-electron chi connectivity index (χ3n) is 5.64. The Morgan fingerprint density at radius 1 is 1.10 bits per heavy atom. The second-order valence-corrected chi connectivity index (χ2v) is 7.50. The van der Waals surface area contributed by atoms with E-state index in [0.717, 1.165) is 12.1 Å². The molecule has 1 aromatic heterocycles. The Bertz CT molecular complexity index is 980. The molecule has 30 heavy (non-hydrogen) atoms. The van der Waals surface area contributed by atoms with E-state index >= 15 is 0 Å². The van der Waals surface area contributed by atoms with Gasteiger partial charge in [-0.3, -0.25) is 4.90 Å². The van der Waals surface area contributed by atoms with E-state index in [2.05, 4.69) is 10.3 Å². The van der Waals surface area contributed by atoms with Gasteiger partial charge in [-0.15, -0.1) is 5.10 Å². The maximum atomic E-state index is 14.9. The molecule has 0 unspecified atom stereocenters. The number of ether oxygens (including phenoxy) is 2. The summed E-state index contributed by atoms with van der Waals surface area (Å²) in [6, 6.07) is 1.96. The van der Waals surface area contributed by atoms with Crippen molar-refractivity contribution < 1.29 is 27.8 Å². The second-order valence-electron chi connectivity index (χ2n) is 7.50. The number of rotatable bonds is 4. The van der Waals surface area contributed by atoms with Gasteiger partial charge in [0.1, 0.15) is 17.9 Å². The Morgan fingerprint density at radius 2 is 1.87 bits per heavy atom. The van der Waals surface area contributed by atoms with Gasteiger partial charge in [0.15, 0.2) is 11.6 Å². The van der Waals surface area contributed by atoms with Gasteiger partial charge < -0.3 is 19.3 Å². The molecule has 0 spiro atoms. The summed E-state index contributed by atoms with van der Waals surface area (Å²) in [4.78, 5) is 28.0. The molecule has 158 valence electrons. The highest BCUT2D eigenvalue weighted by molar-refractivity contribution is 5.90. The maximum Gasteiger partial charge on any atom is 0.414 e. The number of benzene rings is 1. The number of hydrogen-bond acceptors (Lipinski definition) is 7. The number of anilines is 2. The first-order chi connectivity index (χ1) is 14.4. The van der Waals surface area contributed by atoms with E-state index < -0.39 is 36.0 Å². The Labute approximate surface area is 169 Å². The lowest BCUT2D eigenvalue weighted by atomic mass is 10.2. The van der Waals surface area contributed by atoms with Crippen LogP contribution in [0.2, 0.25) is 0 Å². The number of cyclic esters (lactones) is 1. The number of likely N-dealkylation sites (N-methyl/N-ethyl adjacent to an activating group) is 1. The van der Waals surface area contributed by atoms with Crippen molar-refractivity contribution in [3.63, 3.8) is 0 Å². The molecule has 0 aliphatic carbocycles. The molecule has 3 aliphatic rings. The second kappa shape index (κ2) is 6.82. The fourth-order valence-electron chi connectivity index (χ4n) is 4.15. The van der Waals surface area contributed by atoms with E-state index in [1.807, 2.05) is 0 Å². The van der Waals surface area contributed by atoms with Gasteiger partial charge in [-0.05, 0) is 0 Å². The van der Waals surface area contributed by atoms with Gasteiger partial charge in [0.05, 0.1) is 37.6 Å². The Morgan fingerprint density at radius 3 is 2.53 bits per heavy atom. The predicted octanol–water partition coefficient (Wildman–Crippen LogP) is 1.22. The van der Waals surface area contributed by atoms with Crippen molar-refractivity contribution in [2.24, 2.45) is 0 Å². The summed E-state index contributed by atoms with van der Waals surface area (Å²) in [5, 5.41) is 7.50. The number of nitrogens with zero attached hydrogens (tertiary/aromatic N) is 6. The van der Waals surface area contributed by atoms with Crippen molar-refractivity contribution in [1.29, 1.82) is 0 Å². The number of halogens is 2. The minimum atomic E-state index is -0.800. The molecule has 3 aliphatic heterocycles. The molecule has 0 N–H and O–H groups in total. The molecule has 2 aromatic rings. The quantitative estimate of drug-likeness (QED) is 0.734. The Hall–Kier alpha value is -3.44. The standard InChI is InChI=1S/C18H18F2N6O4/c1-23-14-8-24(9-15(14)30-17(23)27)16-12(19)4-10(5-13(16)20)26-7-11(29-18(26)28)6-25-3-2-21-22-25/h2-5,11,14-15H,6-9H2,1H3/t11-,14-,15+/m0/s1. The van der Waals surface area contributed by atoms with Crippen molar-refractivity contribution in [3.8, 4) is 0 Å². The molecule has 0 bridgehead atoms. The summed E-state index contributed by atoms with van der Waals surface area (Å²) in [6.45, 7) is 0.866. The molecule has 3 saturated heterocycles. The number of carbonyl (C=O) groups is 2. The van der Waals surface area contributed by atoms with Gasteiger partial charge in [0.25, 0.3) is 0 Å². The minimum Gasteiger partial charge on any atom is -0.442 e. The summed E-state index contributed by atoms with van der Waals surface area (Å²) in [6.07, 6.45) is 1.05. The highest BCUT2D eigenvalue weighted by Gasteiger charge is 2.47. The zero-order valence-electron chi connectivity index (χ0n) is 15.9. The summed E-state index contributed by atoms with van der Waals surface area (Å²) in [5.74, 6) is -1.60. The van der Waals surface area contributed by atoms with Crippen LogP contribution in [0.4, 0.5) is 29.7 Å². The van der Waals surface area contributed by atoms with Crippen LogP contribution in [0.25, 0.3) is 0 Å². The number of fused-ring (bicyclic) bond motifs is 1. The molecule has 10 nitrogen and oxygen atoms in total. The van der Waals surface area contributed by atoms with Gasteiger partial charge in [-0.2, -0.15) is 0 Å². The highest BCUT2D eigenvalue weighted by Crippen LogP contribution is 2.35. The van der Waals surface area contributed by atoms with E-state index in [4.69, 9.17) is 9.47 Å². The van der Waals surface area contributed by atoms with Crippen LogP contribution in [-0.2, 0) is 16.0 Å². The Balaban J connectivity index is 1.34. The number of hydrogen-bond donors (Lipinski definition) is 0. The number of aromatic nitrogens is 3. The van der Waals surface area contributed by atoms with Crippen LogP contribution in [0.1, 0.15) is 0 Å². The first kappa shape index (κ1) is 18.6. The van der Waals surface area contributed by atoms with E-state index in [9.17, 15) is 18.4 Å². The van der Waals surface area contributed by atoms with Crippen LogP contribution in [0.3, 0.4) is 0 Å². The van der Waals surface area contributed by atoms with Crippen LogP contribution in [-0.4, -0.2) is 77.0 Å². The molecule has 0 radical (unpaired) electrons. The van der Waals surface area contributed by atoms with Gasteiger partial charge in [0, 0.05) is 31.9 Å². The van der Waals surface area contributed by atoms with Gasteiger partial charge in [0.2, 0.25) is 0 Å². The molecular formula is C18H18F2N6O4. The molecule has 3 atom stereocenters. The third kappa shape index (κ3) is 2.99. The van der Waals surface area contributed by atoms with E-state index in [0.29, 0.717) is 0 Å². The molecule has 5 rings (SSSR count). The van der Waals surface area contributed by atoms with E-state index in [-0.39, 0.29) is 43.6 Å². The average Bonchev–Trinajstić information content (AvgIpc) is 3.45. The number of amides is 2. The van der Waals surface area contributed by atoms with Crippen LogP contribution in [0, 0.1) is 11.6 Å². The minimum absolute atomic E-state index is 0.0720. The smallest absolute Gasteiger partial charge is 0.414 e. The van der Waals surface area contributed by atoms with Gasteiger partial charge in [-0.25, -0.2) is 23.1 Å². The molecule has 4 heterocycles. The average molecular weight is 420 g/mol. The van der Waals surface area contributed by atoms with Gasteiger partial charge in [-0.1, -0.05) is 5.21 Å². The van der Waals surface area contributed by atoms with Crippen LogP contribution < -0.4 is 9.80 Å². The topological polar surface area (TPSA) is 93.0 Å². The van der Waals surface area contributed by atoms with E-state index in [1.165, 1.54) is 25.6 Å². The summed E-state index contributed by atoms with van der Waals surface area (Å²) in [7, 11) is 1.60. The largest absolute Gasteiger partial charge is 0.442 e. The Kier molecular flexibility index (Phi) is 4.22. The monoisotopic (exact) mass is 420 g/mol. The summed E-state index contributed by atoms with van der Waals surface area (Å²) in [5.41, 5.74) is -0.132. The summed E-state index contributed by atoms with van der Waals surface area (Å²) >= 11 is 0. The van der Waals surface area contributed by atoms with Gasteiger partial charge >= 0.3 is 12.2 Å². The fraction of sp³-hybridized carbons (Fsp3) is 0.444. The maximum absolute atomic E-state index is 14.9. The lowest BCUT2D eigenvalue weighted by molar-refractivity contribution is 0.129. The first-order valence-electron chi connectivity index (χ1n) is 9.40. The fourth-order valence-corrected chi connectivity index (χ4v) is 4.15. The zero-order chi connectivity index (χ0) is 21.0. The normalized spacial score (nSPS) is 25.7. The lowest BCUT2D eigenvalue weighted by Gasteiger charge is -2.23. The van der Waals surface area contributed by atoms with Crippen molar-refractivity contribution in [2.45, 2.75) is 24.8 Å². The molecule has 0 saturated carbocycles. The van der Waals surface area contributed by atoms with Crippen molar-refractivity contribution >= 4 is 23.6 Å². The molecular weight excluding hydrogens is 402 g/mol. The predicted molar refractivity (Wildman–Crippen MR) is 98.0 cm³/mol. The third-order valence-corrected chi connectivity index (χ3v) is 5.64. The number of carbonyl (C=O) groups excluding carboxylic acids is 2. The first-order valence-corrected chi connectivity index (χ1v) is 9.40. The van der Waals surface area contributed by atoms with Crippen molar-refractivity contribution in [2.75, 3.05) is 36.5 Å². The molecule has 2 amide bonds. The van der Waals surface area contributed by atoms with Crippen LogP contribution in [0.5, 0.6) is 0 Å². The van der Waals surface area contributed by atoms with Crippen molar-refractivity contribution in [3.05, 3.63) is 36.2 Å². The van der Waals surface area contributed by atoms with Crippen LogP contribution >= 0.6 is 0 Å². The highest BCUT2D eigenvalue weighted by atomic mass is 19.1. The van der Waals surface area contributed by atoms with Crippen molar-refractivity contribution in [1.82, 2.24) is 19.9 Å². The van der Waals surface area contributed by atoms with Crippen LogP contribution in [0.15, 0.2) is 24.5 Å². The lowest BCUT2D eigenvalue weighted by Crippen LogP contribution is -2.35. The zero-order valence-corrected chi connectivity index (χ0v) is 15.9.